The summed E-state index contributed by atoms with van der Waals surface area (Å²) in [6.45, 7) is 3.27. The number of hydrogen-bond acceptors (Lipinski definition) is 2. The summed E-state index contributed by atoms with van der Waals surface area (Å²) in [5, 5.41) is 4.74. The van der Waals surface area contributed by atoms with Crippen molar-refractivity contribution in [1.29, 1.82) is 0 Å². The summed E-state index contributed by atoms with van der Waals surface area (Å²) in [7, 11) is 0. The summed E-state index contributed by atoms with van der Waals surface area (Å²) in [5.41, 5.74) is 5.35. The summed E-state index contributed by atoms with van der Waals surface area (Å²) in [5.74, 6) is 1.87. The number of nitrogens with one attached hydrogen (secondary N) is 1. The molecule has 1 atom stereocenters. The van der Waals surface area contributed by atoms with E-state index in [9.17, 15) is 0 Å². The number of para-hydroxylation sites is 2. The van der Waals surface area contributed by atoms with Crippen molar-refractivity contribution >= 4 is 22.6 Å². The van der Waals surface area contributed by atoms with Gasteiger partial charge in [0, 0.05) is 17.1 Å². The van der Waals surface area contributed by atoms with Gasteiger partial charge in [0.25, 0.3) is 0 Å². The highest BCUT2D eigenvalue weighted by atomic mass is 35.5. The Labute approximate surface area is 172 Å². The van der Waals surface area contributed by atoms with E-state index in [0.29, 0.717) is 18.0 Å². The van der Waals surface area contributed by atoms with Crippen LogP contribution in [0, 0.1) is 12.8 Å². The standard InChI is InChI=1S/C24H28ClN3/c1-16-27-23-4-2-3-5-24(23)28(16)22-10-8-21(9-11-22)26-15-17-12-18-6-7-20(25)14-19(18)13-17/h2-7,14,17,21-22,26H,8-13,15H2,1H3. The van der Waals surface area contributed by atoms with Crippen molar-refractivity contribution in [2.45, 2.75) is 57.5 Å². The third-order valence-corrected chi connectivity index (χ3v) is 6.95. The fourth-order valence-electron chi connectivity index (χ4n) is 5.32. The lowest BCUT2D eigenvalue weighted by Gasteiger charge is -2.31. The molecule has 5 rings (SSSR count). The average molecular weight is 394 g/mol. The molecule has 1 N–H and O–H groups in total. The lowest BCUT2D eigenvalue weighted by Crippen LogP contribution is -2.37. The van der Waals surface area contributed by atoms with Gasteiger partial charge in [-0.2, -0.15) is 0 Å². The Bertz CT molecular complexity index is 985. The molecule has 0 bridgehead atoms. The van der Waals surface area contributed by atoms with Crippen molar-refractivity contribution in [1.82, 2.24) is 14.9 Å². The fourth-order valence-corrected chi connectivity index (χ4v) is 5.51. The average Bonchev–Trinajstić information content (AvgIpc) is 3.26. The van der Waals surface area contributed by atoms with Crippen LogP contribution in [0.5, 0.6) is 0 Å². The van der Waals surface area contributed by atoms with Crippen LogP contribution in [-0.2, 0) is 12.8 Å². The Kier molecular flexibility index (Phi) is 4.90. The maximum absolute atomic E-state index is 6.15. The van der Waals surface area contributed by atoms with E-state index >= 15 is 0 Å². The molecule has 0 amide bonds. The number of aromatic nitrogens is 2. The second-order valence-electron chi connectivity index (χ2n) is 8.62. The van der Waals surface area contributed by atoms with E-state index in [1.165, 1.54) is 55.2 Å². The molecule has 0 aliphatic heterocycles. The van der Waals surface area contributed by atoms with Gasteiger partial charge in [-0.1, -0.05) is 29.8 Å². The van der Waals surface area contributed by atoms with Gasteiger partial charge in [-0.25, -0.2) is 4.98 Å². The molecular weight excluding hydrogens is 366 g/mol. The summed E-state index contributed by atoms with van der Waals surface area (Å²) >= 11 is 6.15. The van der Waals surface area contributed by atoms with Gasteiger partial charge in [-0.15, -0.1) is 0 Å². The van der Waals surface area contributed by atoms with Gasteiger partial charge in [0.2, 0.25) is 0 Å². The predicted octanol–water partition coefficient (Wildman–Crippen LogP) is 5.49. The van der Waals surface area contributed by atoms with Crippen molar-refractivity contribution in [3.8, 4) is 0 Å². The van der Waals surface area contributed by atoms with Crippen LogP contribution in [-0.4, -0.2) is 22.1 Å². The minimum atomic E-state index is 0.586. The molecule has 2 aromatic carbocycles. The Morgan fingerprint density at radius 1 is 1.04 bits per heavy atom. The van der Waals surface area contributed by atoms with Crippen LogP contribution in [0.25, 0.3) is 11.0 Å². The zero-order valence-electron chi connectivity index (χ0n) is 16.5. The second kappa shape index (κ2) is 7.53. The zero-order chi connectivity index (χ0) is 19.1. The van der Waals surface area contributed by atoms with Crippen molar-refractivity contribution in [3.05, 3.63) is 64.4 Å². The number of hydrogen-bond donors (Lipinski definition) is 1. The van der Waals surface area contributed by atoms with Crippen molar-refractivity contribution < 1.29 is 0 Å². The maximum atomic E-state index is 6.15. The molecule has 3 nitrogen and oxygen atoms in total. The minimum Gasteiger partial charge on any atom is -0.325 e. The first-order valence-corrected chi connectivity index (χ1v) is 11.0. The smallest absolute Gasteiger partial charge is 0.106 e. The molecule has 2 aliphatic carbocycles. The van der Waals surface area contributed by atoms with Gasteiger partial charge < -0.3 is 9.88 Å². The van der Waals surface area contributed by atoms with E-state index in [1.54, 1.807) is 0 Å². The second-order valence-corrected chi connectivity index (χ2v) is 9.06. The third kappa shape index (κ3) is 3.46. The summed E-state index contributed by atoms with van der Waals surface area (Å²) in [6, 6.07) is 16.2. The van der Waals surface area contributed by atoms with Gasteiger partial charge in [-0.05, 0) is 93.3 Å². The van der Waals surface area contributed by atoms with Crippen molar-refractivity contribution in [2.75, 3.05) is 6.54 Å². The highest BCUT2D eigenvalue weighted by molar-refractivity contribution is 6.30. The molecule has 0 radical (unpaired) electrons. The van der Waals surface area contributed by atoms with E-state index in [1.807, 2.05) is 6.07 Å². The van der Waals surface area contributed by atoms with Crippen LogP contribution < -0.4 is 5.32 Å². The molecular formula is C24H28ClN3. The summed E-state index contributed by atoms with van der Waals surface area (Å²) < 4.78 is 2.48. The monoisotopic (exact) mass is 393 g/mol. The SMILES string of the molecule is Cc1nc2ccccc2n1C1CCC(NCC2Cc3ccc(Cl)cc3C2)CC1. The summed E-state index contributed by atoms with van der Waals surface area (Å²) in [6.07, 6.45) is 7.33. The molecule has 1 saturated carbocycles. The molecule has 3 aromatic rings. The Hall–Kier alpha value is -1.84. The number of benzene rings is 2. The number of nitrogens with zero attached hydrogens (tertiary/aromatic N) is 2. The molecule has 1 heterocycles. The first-order valence-electron chi connectivity index (χ1n) is 10.6. The number of imidazole rings is 1. The van der Waals surface area contributed by atoms with Crippen LogP contribution in [0.1, 0.15) is 48.7 Å². The Morgan fingerprint density at radius 2 is 1.82 bits per heavy atom. The van der Waals surface area contributed by atoms with Crippen LogP contribution in [0.2, 0.25) is 5.02 Å². The van der Waals surface area contributed by atoms with E-state index in [0.717, 1.165) is 22.9 Å². The van der Waals surface area contributed by atoms with Gasteiger partial charge in [-0.3, -0.25) is 0 Å². The van der Waals surface area contributed by atoms with E-state index in [2.05, 4.69) is 53.2 Å². The van der Waals surface area contributed by atoms with Gasteiger partial charge in [0.15, 0.2) is 0 Å². The van der Waals surface area contributed by atoms with Crippen LogP contribution in [0.15, 0.2) is 42.5 Å². The number of aryl methyl sites for hydroxylation is 1. The van der Waals surface area contributed by atoms with Gasteiger partial charge in [0.1, 0.15) is 5.82 Å². The highest BCUT2D eigenvalue weighted by Crippen LogP contribution is 2.33. The van der Waals surface area contributed by atoms with E-state index in [4.69, 9.17) is 16.6 Å². The zero-order valence-corrected chi connectivity index (χ0v) is 17.3. The topological polar surface area (TPSA) is 29.9 Å². The molecule has 0 spiro atoms. The molecule has 4 heteroatoms. The van der Waals surface area contributed by atoms with Crippen molar-refractivity contribution in [3.63, 3.8) is 0 Å². The molecule has 0 saturated heterocycles. The quantitative estimate of drug-likeness (QED) is 0.635. The first-order chi connectivity index (χ1) is 13.7. The highest BCUT2D eigenvalue weighted by Gasteiger charge is 2.26. The van der Waals surface area contributed by atoms with Crippen LogP contribution in [0.4, 0.5) is 0 Å². The largest absolute Gasteiger partial charge is 0.325 e. The summed E-state index contributed by atoms with van der Waals surface area (Å²) in [4.78, 5) is 4.76. The first kappa shape index (κ1) is 18.2. The molecule has 1 unspecified atom stereocenters. The molecule has 1 aromatic heterocycles. The number of halogens is 1. The predicted molar refractivity (Wildman–Crippen MR) is 116 cm³/mol. The Balaban J connectivity index is 1.16. The van der Waals surface area contributed by atoms with E-state index < -0.39 is 0 Å². The third-order valence-electron chi connectivity index (χ3n) is 6.71. The van der Waals surface area contributed by atoms with Gasteiger partial charge >= 0.3 is 0 Å². The molecule has 2 aliphatic rings. The van der Waals surface area contributed by atoms with Crippen LogP contribution in [0.3, 0.4) is 0 Å². The fraction of sp³-hybridized carbons (Fsp3) is 0.458. The maximum Gasteiger partial charge on any atom is 0.106 e. The lowest BCUT2D eigenvalue weighted by atomic mass is 9.90. The van der Waals surface area contributed by atoms with Crippen LogP contribution >= 0.6 is 11.6 Å². The molecule has 146 valence electrons. The normalized spacial score (nSPS) is 24.6. The molecule has 1 fully saturated rings. The van der Waals surface area contributed by atoms with E-state index in [-0.39, 0.29) is 0 Å². The number of rotatable bonds is 4. The van der Waals surface area contributed by atoms with Gasteiger partial charge in [0.05, 0.1) is 11.0 Å². The lowest BCUT2D eigenvalue weighted by molar-refractivity contribution is 0.283. The van der Waals surface area contributed by atoms with Crippen molar-refractivity contribution in [2.24, 2.45) is 5.92 Å². The Morgan fingerprint density at radius 3 is 2.68 bits per heavy atom. The molecule has 28 heavy (non-hydrogen) atoms. The minimum absolute atomic E-state index is 0.586. The number of fused-ring (bicyclic) bond motifs is 2.